The van der Waals surface area contributed by atoms with Gasteiger partial charge in [0.1, 0.15) is 0 Å². The number of aryl methyl sites for hydroxylation is 1. The second-order valence-corrected chi connectivity index (χ2v) is 4.57. The number of anilines is 1. The Bertz CT molecular complexity index is 470. The Morgan fingerprint density at radius 2 is 2.31 bits per heavy atom. The smallest absolute Gasteiger partial charge is 0.169 e. The molecule has 0 aliphatic rings. The molecule has 16 heavy (non-hydrogen) atoms. The van der Waals surface area contributed by atoms with Crippen molar-refractivity contribution in [1.29, 1.82) is 0 Å². The molecule has 0 saturated carbocycles. The standard InChI is InChI=1S/C11H13N3OS/c1-8-13-6-9(16-8)7-14-11-10(15-2)4-3-5-12-11/h3-6H,7H2,1-2H3,(H,12,14). The van der Waals surface area contributed by atoms with E-state index < -0.39 is 0 Å². The minimum Gasteiger partial charge on any atom is -0.493 e. The first-order valence-corrected chi connectivity index (χ1v) is 5.75. The fourth-order valence-electron chi connectivity index (χ4n) is 1.35. The first-order chi connectivity index (χ1) is 7.79. The molecular weight excluding hydrogens is 222 g/mol. The highest BCUT2D eigenvalue weighted by Crippen LogP contribution is 2.21. The molecule has 0 aliphatic heterocycles. The Hall–Kier alpha value is -1.62. The third-order valence-electron chi connectivity index (χ3n) is 2.09. The van der Waals surface area contributed by atoms with Crippen LogP contribution in [0.2, 0.25) is 0 Å². The predicted octanol–water partition coefficient (Wildman–Crippen LogP) is 2.47. The summed E-state index contributed by atoms with van der Waals surface area (Å²) in [5.74, 6) is 1.51. The first kappa shape index (κ1) is 10.9. The molecule has 84 valence electrons. The van der Waals surface area contributed by atoms with Crippen LogP contribution >= 0.6 is 11.3 Å². The molecule has 0 amide bonds. The number of ether oxygens (including phenoxy) is 1. The molecule has 0 fully saturated rings. The van der Waals surface area contributed by atoms with E-state index in [0.29, 0.717) is 0 Å². The third-order valence-corrected chi connectivity index (χ3v) is 3.00. The van der Waals surface area contributed by atoms with Gasteiger partial charge in [0.05, 0.1) is 18.7 Å². The summed E-state index contributed by atoms with van der Waals surface area (Å²) in [4.78, 5) is 9.60. The van der Waals surface area contributed by atoms with Crippen molar-refractivity contribution in [2.45, 2.75) is 13.5 Å². The normalized spacial score (nSPS) is 10.1. The highest BCUT2D eigenvalue weighted by molar-refractivity contribution is 7.11. The molecular formula is C11H13N3OS. The Labute approximate surface area is 98.3 Å². The van der Waals surface area contributed by atoms with Gasteiger partial charge < -0.3 is 10.1 Å². The largest absolute Gasteiger partial charge is 0.493 e. The minimum atomic E-state index is 0.721. The predicted molar refractivity (Wildman–Crippen MR) is 65.0 cm³/mol. The van der Waals surface area contributed by atoms with E-state index in [4.69, 9.17) is 4.74 Å². The lowest BCUT2D eigenvalue weighted by atomic mass is 10.4. The molecule has 0 unspecified atom stereocenters. The minimum absolute atomic E-state index is 0.721. The number of hydrogen-bond donors (Lipinski definition) is 1. The van der Waals surface area contributed by atoms with E-state index in [1.807, 2.05) is 25.3 Å². The summed E-state index contributed by atoms with van der Waals surface area (Å²) >= 11 is 1.68. The van der Waals surface area contributed by atoms with Gasteiger partial charge >= 0.3 is 0 Å². The van der Waals surface area contributed by atoms with Crippen LogP contribution in [0.5, 0.6) is 5.75 Å². The molecule has 0 saturated heterocycles. The average molecular weight is 235 g/mol. The first-order valence-electron chi connectivity index (χ1n) is 4.94. The third kappa shape index (κ3) is 2.49. The number of hydrogen-bond acceptors (Lipinski definition) is 5. The summed E-state index contributed by atoms with van der Waals surface area (Å²) in [7, 11) is 1.64. The molecule has 2 heterocycles. The summed E-state index contributed by atoms with van der Waals surface area (Å²) in [6, 6.07) is 3.73. The van der Waals surface area contributed by atoms with Crippen LogP contribution in [0, 0.1) is 6.92 Å². The number of aromatic nitrogens is 2. The van der Waals surface area contributed by atoms with E-state index >= 15 is 0 Å². The van der Waals surface area contributed by atoms with Gasteiger partial charge in [0.2, 0.25) is 0 Å². The number of pyridine rings is 1. The Morgan fingerprint density at radius 3 is 3.00 bits per heavy atom. The second-order valence-electron chi connectivity index (χ2n) is 3.25. The van der Waals surface area contributed by atoms with Crippen LogP contribution in [0.25, 0.3) is 0 Å². The monoisotopic (exact) mass is 235 g/mol. The van der Waals surface area contributed by atoms with Crippen molar-refractivity contribution in [3.05, 3.63) is 34.4 Å². The zero-order chi connectivity index (χ0) is 11.4. The maximum Gasteiger partial charge on any atom is 0.169 e. The molecule has 2 rings (SSSR count). The van der Waals surface area contributed by atoms with E-state index in [9.17, 15) is 0 Å². The van der Waals surface area contributed by atoms with Gasteiger partial charge in [-0.2, -0.15) is 0 Å². The van der Waals surface area contributed by atoms with Gasteiger partial charge in [0, 0.05) is 17.3 Å². The van der Waals surface area contributed by atoms with Crippen LogP contribution in [-0.2, 0) is 6.54 Å². The van der Waals surface area contributed by atoms with Crippen molar-refractivity contribution in [2.24, 2.45) is 0 Å². The maximum absolute atomic E-state index is 5.20. The van der Waals surface area contributed by atoms with Crippen LogP contribution in [-0.4, -0.2) is 17.1 Å². The van der Waals surface area contributed by atoms with Crippen LogP contribution in [0.3, 0.4) is 0 Å². The second kappa shape index (κ2) is 4.94. The number of thiazole rings is 1. The summed E-state index contributed by atoms with van der Waals surface area (Å²) < 4.78 is 5.20. The Balaban J connectivity index is 2.04. The van der Waals surface area contributed by atoms with E-state index in [1.165, 1.54) is 4.88 Å². The maximum atomic E-state index is 5.20. The molecule has 0 radical (unpaired) electrons. The molecule has 1 N–H and O–H groups in total. The summed E-state index contributed by atoms with van der Waals surface area (Å²) in [5, 5.41) is 4.30. The zero-order valence-electron chi connectivity index (χ0n) is 9.23. The van der Waals surface area contributed by atoms with Crippen molar-refractivity contribution in [1.82, 2.24) is 9.97 Å². The summed E-state index contributed by atoms with van der Waals surface area (Å²) in [6.45, 7) is 2.72. The lowest BCUT2D eigenvalue weighted by Gasteiger charge is -2.07. The molecule has 2 aromatic heterocycles. The van der Waals surface area contributed by atoms with Gasteiger partial charge in [-0.05, 0) is 19.1 Å². The van der Waals surface area contributed by atoms with Crippen molar-refractivity contribution >= 4 is 17.2 Å². The Morgan fingerprint density at radius 1 is 1.44 bits per heavy atom. The lowest BCUT2D eigenvalue weighted by molar-refractivity contribution is 0.415. The molecule has 0 spiro atoms. The van der Waals surface area contributed by atoms with Gasteiger partial charge in [-0.1, -0.05) is 0 Å². The van der Waals surface area contributed by atoms with Gasteiger partial charge in [-0.15, -0.1) is 11.3 Å². The van der Waals surface area contributed by atoms with Crippen LogP contribution in [0.1, 0.15) is 9.88 Å². The number of methoxy groups -OCH3 is 1. The van der Waals surface area contributed by atoms with Gasteiger partial charge in [-0.25, -0.2) is 9.97 Å². The quantitative estimate of drug-likeness (QED) is 0.884. The van der Waals surface area contributed by atoms with Crippen molar-refractivity contribution in [3.8, 4) is 5.75 Å². The highest BCUT2D eigenvalue weighted by Gasteiger charge is 2.03. The van der Waals surface area contributed by atoms with Crippen molar-refractivity contribution < 1.29 is 4.74 Å². The SMILES string of the molecule is COc1cccnc1NCc1cnc(C)s1. The van der Waals surface area contributed by atoms with E-state index in [2.05, 4.69) is 15.3 Å². The van der Waals surface area contributed by atoms with E-state index in [0.717, 1.165) is 23.1 Å². The van der Waals surface area contributed by atoms with Crippen molar-refractivity contribution in [2.75, 3.05) is 12.4 Å². The number of nitrogens with one attached hydrogen (secondary N) is 1. The topological polar surface area (TPSA) is 47.0 Å². The van der Waals surface area contributed by atoms with Crippen molar-refractivity contribution in [3.63, 3.8) is 0 Å². The highest BCUT2D eigenvalue weighted by atomic mass is 32.1. The lowest BCUT2D eigenvalue weighted by Crippen LogP contribution is -2.01. The fourth-order valence-corrected chi connectivity index (χ4v) is 2.08. The van der Waals surface area contributed by atoms with Gasteiger partial charge in [0.15, 0.2) is 11.6 Å². The zero-order valence-corrected chi connectivity index (χ0v) is 10.0. The Kier molecular flexibility index (Phi) is 3.36. The average Bonchev–Trinajstić information content (AvgIpc) is 2.73. The van der Waals surface area contributed by atoms with Crippen LogP contribution in [0.4, 0.5) is 5.82 Å². The van der Waals surface area contributed by atoms with Crippen LogP contribution < -0.4 is 10.1 Å². The molecule has 0 aromatic carbocycles. The molecule has 4 nitrogen and oxygen atoms in total. The molecule has 0 atom stereocenters. The van der Waals surface area contributed by atoms with E-state index in [1.54, 1.807) is 24.6 Å². The molecule has 2 aromatic rings. The number of rotatable bonds is 4. The van der Waals surface area contributed by atoms with Gasteiger partial charge in [0.25, 0.3) is 0 Å². The molecule has 0 aliphatic carbocycles. The molecule has 5 heteroatoms. The number of nitrogens with zero attached hydrogens (tertiary/aromatic N) is 2. The van der Waals surface area contributed by atoms with E-state index in [-0.39, 0.29) is 0 Å². The fraction of sp³-hybridized carbons (Fsp3) is 0.273. The van der Waals surface area contributed by atoms with Gasteiger partial charge in [-0.3, -0.25) is 0 Å². The summed E-state index contributed by atoms with van der Waals surface area (Å²) in [6.07, 6.45) is 3.62. The summed E-state index contributed by atoms with van der Waals surface area (Å²) in [5.41, 5.74) is 0. The molecule has 0 bridgehead atoms. The van der Waals surface area contributed by atoms with Crippen LogP contribution in [0.15, 0.2) is 24.5 Å².